The van der Waals surface area contributed by atoms with Gasteiger partial charge in [-0.05, 0) is 18.4 Å². The number of allylic oxidation sites excluding steroid dienone is 1. The molecular formula is C17H22N2O5. The van der Waals surface area contributed by atoms with Crippen LogP contribution in [0.3, 0.4) is 0 Å². The Morgan fingerprint density at radius 2 is 1.83 bits per heavy atom. The van der Waals surface area contributed by atoms with E-state index in [1.54, 1.807) is 13.8 Å². The van der Waals surface area contributed by atoms with Gasteiger partial charge in [0.1, 0.15) is 18.3 Å². The fourth-order valence-electron chi connectivity index (χ4n) is 1.89. The van der Waals surface area contributed by atoms with E-state index in [1.165, 1.54) is 13.0 Å². The fraction of sp³-hybridized carbons (Fsp3) is 0.353. The summed E-state index contributed by atoms with van der Waals surface area (Å²) in [4.78, 5) is 35.0. The van der Waals surface area contributed by atoms with Crippen molar-refractivity contribution >= 4 is 18.0 Å². The predicted octanol–water partition coefficient (Wildman–Crippen LogP) is 2.04. The molecule has 1 rings (SSSR count). The number of rotatable bonds is 7. The van der Waals surface area contributed by atoms with Crippen LogP contribution in [0.2, 0.25) is 0 Å². The summed E-state index contributed by atoms with van der Waals surface area (Å²) in [5.74, 6) is -2.11. The summed E-state index contributed by atoms with van der Waals surface area (Å²) in [6.45, 7) is 5.04. The number of alkyl carbamates (subject to hydrolysis) is 1. The first-order chi connectivity index (χ1) is 11.3. The molecule has 24 heavy (non-hydrogen) atoms. The van der Waals surface area contributed by atoms with Gasteiger partial charge >= 0.3 is 12.1 Å². The van der Waals surface area contributed by atoms with E-state index in [0.717, 1.165) is 5.56 Å². The third-order valence-corrected chi connectivity index (χ3v) is 3.21. The number of nitrogens with one attached hydrogen (secondary N) is 2. The van der Waals surface area contributed by atoms with E-state index in [1.807, 2.05) is 30.3 Å². The first-order valence-corrected chi connectivity index (χ1v) is 7.52. The van der Waals surface area contributed by atoms with Crippen LogP contribution >= 0.6 is 0 Å². The Labute approximate surface area is 140 Å². The van der Waals surface area contributed by atoms with Gasteiger partial charge in [-0.1, -0.05) is 50.3 Å². The molecule has 1 aromatic carbocycles. The minimum absolute atomic E-state index is 0.0777. The molecule has 0 bridgehead atoms. The number of hydrogen-bond donors (Lipinski definition) is 3. The molecule has 0 saturated heterocycles. The standard InChI is InChI=1S/C17H22N2O5/c1-4-13(16(21)22)18-15(20)14(11(2)3)19-17(23)24-10-12-8-6-5-7-9-12/h4-9,11,14H,10H2,1-3H3,(H,18,20)(H,19,23)(H,21,22)/b13-4+/t14-/m0/s1. The van der Waals surface area contributed by atoms with Gasteiger partial charge in [0, 0.05) is 0 Å². The Kier molecular flexibility index (Phi) is 7.48. The maximum absolute atomic E-state index is 12.2. The topological polar surface area (TPSA) is 105 Å². The molecule has 130 valence electrons. The zero-order valence-electron chi connectivity index (χ0n) is 13.9. The summed E-state index contributed by atoms with van der Waals surface area (Å²) in [7, 11) is 0. The average molecular weight is 334 g/mol. The number of aliphatic carboxylic acids is 1. The summed E-state index contributed by atoms with van der Waals surface area (Å²) in [5, 5.41) is 13.7. The minimum Gasteiger partial charge on any atom is -0.477 e. The van der Waals surface area contributed by atoms with Gasteiger partial charge in [0.25, 0.3) is 0 Å². The van der Waals surface area contributed by atoms with Gasteiger partial charge in [-0.15, -0.1) is 0 Å². The highest BCUT2D eigenvalue weighted by Gasteiger charge is 2.26. The summed E-state index contributed by atoms with van der Waals surface area (Å²) in [5.41, 5.74) is 0.574. The number of benzene rings is 1. The van der Waals surface area contributed by atoms with E-state index < -0.39 is 24.0 Å². The molecule has 0 radical (unpaired) electrons. The second kappa shape index (κ2) is 9.34. The van der Waals surface area contributed by atoms with Gasteiger partial charge in [-0.2, -0.15) is 0 Å². The molecule has 7 nitrogen and oxygen atoms in total. The van der Waals surface area contributed by atoms with Crippen molar-refractivity contribution in [3.05, 3.63) is 47.7 Å². The van der Waals surface area contributed by atoms with Crippen LogP contribution < -0.4 is 10.6 Å². The van der Waals surface area contributed by atoms with Crippen molar-refractivity contribution in [3.63, 3.8) is 0 Å². The van der Waals surface area contributed by atoms with E-state index in [2.05, 4.69) is 10.6 Å². The molecule has 3 N–H and O–H groups in total. The highest BCUT2D eigenvalue weighted by atomic mass is 16.5. The van der Waals surface area contributed by atoms with Gasteiger partial charge in [0.2, 0.25) is 5.91 Å². The predicted molar refractivity (Wildman–Crippen MR) is 87.9 cm³/mol. The van der Waals surface area contributed by atoms with Gasteiger partial charge in [-0.3, -0.25) is 4.79 Å². The van der Waals surface area contributed by atoms with Crippen molar-refractivity contribution in [2.75, 3.05) is 0 Å². The molecule has 2 amide bonds. The summed E-state index contributed by atoms with van der Waals surface area (Å²) in [6.07, 6.45) is 0.524. The quantitative estimate of drug-likeness (QED) is 0.662. The van der Waals surface area contributed by atoms with Crippen molar-refractivity contribution < 1.29 is 24.2 Å². The Morgan fingerprint density at radius 3 is 2.33 bits per heavy atom. The Balaban J connectivity index is 2.63. The Morgan fingerprint density at radius 1 is 1.21 bits per heavy atom. The summed E-state index contributed by atoms with van der Waals surface area (Å²) < 4.78 is 5.08. The Hall–Kier alpha value is -2.83. The molecule has 0 saturated carbocycles. The average Bonchev–Trinajstić information content (AvgIpc) is 2.55. The van der Waals surface area contributed by atoms with E-state index in [-0.39, 0.29) is 18.2 Å². The minimum atomic E-state index is -1.25. The number of carbonyl (C=O) groups excluding carboxylic acids is 2. The molecule has 0 aliphatic rings. The Bertz CT molecular complexity index is 611. The van der Waals surface area contributed by atoms with Crippen molar-refractivity contribution in [2.24, 2.45) is 5.92 Å². The molecule has 7 heteroatoms. The lowest BCUT2D eigenvalue weighted by Gasteiger charge is -2.21. The van der Waals surface area contributed by atoms with E-state index in [4.69, 9.17) is 9.84 Å². The molecule has 0 aliphatic carbocycles. The van der Waals surface area contributed by atoms with Crippen molar-refractivity contribution in [1.82, 2.24) is 10.6 Å². The third kappa shape index (κ3) is 6.12. The van der Waals surface area contributed by atoms with Crippen LogP contribution in [-0.4, -0.2) is 29.1 Å². The molecule has 1 aromatic rings. The molecule has 0 fully saturated rings. The van der Waals surface area contributed by atoms with Crippen molar-refractivity contribution in [2.45, 2.75) is 33.4 Å². The molecule has 1 atom stereocenters. The highest BCUT2D eigenvalue weighted by Crippen LogP contribution is 2.05. The highest BCUT2D eigenvalue weighted by molar-refractivity contribution is 5.95. The largest absolute Gasteiger partial charge is 0.477 e. The first kappa shape index (κ1) is 19.2. The van der Waals surface area contributed by atoms with Crippen LogP contribution in [0.1, 0.15) is 26.3 Å². The SMILES string of the molecule is C/C=C(/NC(=O)[C@@H](NC(=O)OCc1ccccc1)C(C)C)C(=O)O. The fourth-order valence-corrected chi connectivity index (χ4v) is 1.89. The summed E-state index contributed by atoms with van der Waals surface area (Å²) in [6, 6.07) is 8.21. The normalized spacial score (nSPS) is 12.4. The molecule has 0 aliphatic heterocycles. The van der Waals surface area contributed by atoms with Gasteiger partial charge < -0.3 is 20.5 Å². The van der Waals surface area contributed by atoms with Crippen LogP contribution in [0, 0.1) is 5.92 Å². The van der Waals surface area contributed by atoms with Gasteiger partial charge in [0.15, 0.2) is 0 Å². The first-order valence-electron chi connectivity index (χ1n) is 7.52. The maximum atomic E-state index is 12.2. The number of amides is 2. The van der Waals surface area contributed by atoms with E-state index in [9.17, 15) is 14.4 Å². The molecule has 0 spiro atoms. The second-order valence-corrected chi connectivity index (χ2v) is 5.42. The number of carbonyl (C=O) groups is 3. The number of carboxylic acid groups (broad SMARTS) is 1. The van der Waals surface area contributed by atoms with Crippen LogP contribution in [0.5, 0.6) is 0 Å². The van der Waals surface area contributed by atoms with Gasteiger partial charge in [-0.25, -0.2) is 9.59 Å². The van der Waals surface area contributed by atoms with Crippen molar-refractivity contribution in [1.29, 1.82) is 0 Å². The number of ether oxygens (including phenoxy) is 1. The van der Waals surface area contributed by atoms with Crippen molar-refractivity contribution in [3.8, 4) is 0 Å². The molecule has 0 heterocycles. The van der Waals surface area contributed by atoms with Gasteiger partial charge in [0.05, 0.1) is 0 Å². The van der Waals surface area contributed by atoms with Crippen LogP contribution in [0.4, 0.5) is 4.79 Å². The smallest absolute Gasteiger partial charge is 0.408 e. The van der Waals surface area contributed by atoms with Crippen LogP contribution in [0.15, 0.2) is 42.1 Å². The third-order valence-electron chi connectivity index (χ3n) is 3.21. The second-order valence-electron chi connectivity index (χ2n) is 5.42. The number of hydrogen-bond acceptors (Lipinski definition) is 4. The van der Waals surface area contributed by atoms with Crippen LogP contribution in [0.25, 0.3) is 0 Å². The zero-order valence-corrected chi connectivity index (χ0v) is 13.9. The summed E-state index contributed by atoms with van der Waals surface area (Å²) >= 11 is 0. The maximum Gasteiger partial charge on any atom is 0.408 e. The van der Waals surface area contributed by atoms with E-state index >= 15 is 0 Å². The lowest BCUT2D eigenvalue weighted by atomic mass is 10.0. The molecular weight excluding hydrogens is 312 g/mol. The lowest BCUT2D eigenvalue weighted by molar-refractivity contribution is -0.135. The number of carboxylic acids is 1. The lowest BCUT2D eigenvalue weighted by Crippen LogP contribution is -2.50. The van der Waals surface area contributed by atoms with E-state index in [0.29, 0.717) is 0 Å². The molecule has 0 unspecified atom stereocenters. The monoisotopic (exact) mass is 334 g/mol. The van der Waals surface area contributed by atoms with Crippen LogP contribution in [-0.2, 0) is 20.9 Å². The molecule has 0 aromatic heterocycles. The zero-order chi connectivity index (χ0) is 18.1.